The molecule has 0 bridgehead atoms. The van der Waals surface area contributed by atoms with Gasteiger partial charge in [-0.25, -0.2) is 4.98 Å². The minimum atomic E-state index is -4.41. The number of aromatic nitrogens is 3. The maximum atomic E-state index is 12.7. The second-order valence-electron chi connectivity index (χ2n) is 6.03. The van der Waals surface area contributed by atoms with Gasteiger partial charge in [0, 0.05) is 5.56 Å². The number of aromatic amines is 1. The summed E-state index contributed by atoms with van der Waals surface area (Å²) >= 11 is 1.14. The number of hydrogen-bond donors (Lipinski definition) is 2. The SMILES string of the molecule is O=C(Nc1nc2ccc(OCC(F)(F)F)cc2s1)c1cn[nH]c1-c1ccccc1. The third kappa shape index (κ3) is 4.37. The number of ether oxygens (including phenoxy) is 1. The third-order valence-corrected chi connectivity index (χ3v) is 4.86. The maximum absolute atomic E-state index is 12.7. The summed E-state index contributed by atoms with van der Waals surface area (Å²) in [4.78, 5) is 17.0. The average molecular weight is 418 g/mol. The third-order valence-electron chi connectivity index (χ3n) is 3.93. The van der Waals surface area contributed by atoms with Crippen molar-refractivity contribution < 1.29 is 22.7 Å². The molecule has 0 aliphatic heterocycles. The molecule has 0 radical (unpaired) electrons. The van der Waals surface area contributed by atoms with E-state index in [2.05, 4.69) is 20.5 Å². The highest BCUT2D eigenvalue weighted by Crippen LogP contribution is 2.31. The molecule has 0 unspecified atom stereocenters. The van der Waals surface area contributed by atoms with Crippen molar-refractivity contribution in [2.24, 2.45) is 0 Å². The molecule has 0 spiro atoms. The highest BCUT2D eigenvalue weighted by atomic mass is 32.1. The van der Waals surface area contributed by atoms with Crippen molar-refractivity contribution in [3.63, 3.8) is 0 Å². The van der Waals surface area contributed by atoms with Gasteiger partial charge in [0.25, 0.3) is 5.91 Å². The first-order valence-corrected chi connectivity index (χ1v) is 9.21. The molecular weight excluding hydrogens is 405 g/mol. The van der Waals surface area contributed by atoms with E-state index in [4.69, 9.17) is 4.74 Å². The molecular formula is C19H13F3N4O2S. The Morgan fingerprint density at radius 1 is 1.17 bits per heavy atom. The summed E-state index contributed by atoms with van der Waals surface area (Å²) in [5.74, 6) is -0.317. The number of benzene rings is 2. The Bertz CT molecular complexity index is 1160. The first-order valence-electron chi connectivity index (χ1n) is 8.39. The Kier molecular flexibility index (Phi) is 4.93. The normalized spacial score (nSPS) is 11.6. The van der Waals surface area contributed by atoms with Crippen molar-refractivity contribution in [2.45, 2.75) is 6.18 Å². The number of thiazole rings is 1. The van der Waals surface area contributed by atoms with Crippen molar-refractivity contribution in [2.75, 3.05) is 11.9 Å². The van der Waals surface area contributed by atoms with Crippen LogP contribution in [0.2, 0.25) is 0 Å². The van der Waals surface area contributed by atoms with Crippen LogP contribution in [0.25, 0.3) is 21.5 Å². The Hall–Kier alpha value is -3.40. The van der Waals surface area contributed by atoms with Gasteiger partial charge >= 0.3 is 6.18 Å². The van der Waals surface area contributed by atoms with E-state index in [-0.39, 0.29) is 5.75 Å². The van der Waals surface area contributed by atoms with Gasteiger partial charge in [-0.3, -0.25) is 15.2 Å². The lowest BCUT2D eigenvalue weighted by atomic mass is 10.1. The molecule has 2 heterocycles. The molecule has 0 aliphatic carbocycles. The molecule has 29 heavy (non-hydrogen) atoms. The first kappa shape index (κ1) is 18.9. The van der Waals surface area contributed by atoms with Crippen LogP contribution in [0.5, 0.6) is 5.75 Å². The van der Waals surface area contributed by atoms with Crippen LogP contribution in [0.15, 0.2) is 54.7 Å². The molecule has 2 aromatic heterocycles. The van der Waals surface area contributed by atoms with E-state index < -0.39 is 18.7 Å². The van der Waals surface area contributed by atoms with E-state index in [0.29, 0.717) is 26.6 Å². The quantitative estimate of drug-likeness (QED) is 0.484. The Labute approximate surface area is 166 Å². The van der Waals surface area contributed by atoms with Gasteiger partial charge in [0.15, 0.2) is 11.7 Å². The summed E-state index contributed by atoms with van der Waals surface area (Å²) in [5.41, 5.74) is 2.28. The van der Waals surface area contributed by atoms with Crippen LogP contribution in [-0.2, 0) is 0 Å². The van der Waals surface area contributed by atoms with Crippen molar-refractivity contribution in [3.05, 3.63) is 60.3 Å². The smallest absolute Gasteiger partial charge is 0.422 e. The molecule has 1 amide bonds. The second kappa shape index (κ2) is 7.55. The number of H-pyrrole nitrogens is 1. The van der Waals surface area contributed by atoms with Crippen molar-refractivity contribution >= 4 is 32.6 Å². The van der Waals surface area contributed by atoms with Gasteiger partial charge in [-0.05, 0) is 18.2 Å². The molecule has 6 nitrogen and oxygen atoms in total. The fourth-order valence-corrected chi connectivity index (χ4v) is 3.55. The molecule has 0 aliphatic rings. The molecule has 2 N–H and O–H groups in total. The molecule has 2 aromatic carbocycles. The molecule has 0 saturated carbocycles. The Morgan fingerprint density at radius 2 is 1.97 bits per heavy atom. The van der Waals surface area contributed by atoms with Gasteiger partial charge in [0.1, 0.15) is 5.75 Å². The van der Waals surface area contributed by atoms with E-state index >= 15 is 0 Å². The van der Waals surface area contributed by atoms with E-state index in [1.807, 2.05) is 30.3 Å². The minimum Gasteiger partial charge on any atom is -0.484 e. The summed E-state index contributed by atoms with van der Waals surface area (Å²) in [6.45, 7) is -1.37. The fraction of sp³-hybridized carbons (Fsp3) is 0.105. The highest BCUT2D eigenvalue weighted by molar-refractivity contribution is 7.22. The van der Waals surface area contributed by atoms with Gasteiger partial charge in [0.2, 0.25) is 0 Å². The summed E-state index contributed by atoms with van der Waals surface area (Å²) in [7, 11) is 0. The number of hydrogen-bond acceptors (Lipinski definition) is 5. The van der Waals surface area contributed by atoms with Crippen molar-refractivity contribution in [1.82, 2.24) is 15.2 Å². The number of carbonyl (C=O) groups is 1. The molecule has 10 heteroatoms. The van der Waals surface area contributed by atoms with E-state index in [1.54, 1.807) is 6.07 Å². The largest absolute Gasteiger partial charge is 0.484 e. The Morgan fingerprint density at radius 3 is 2.72 bits per heavy atom. The number of amides is 1. The monoisotopic (exact) mass is 418 g/mol. The number of anilines is 1. The summed E-state index contributed by atoms with van der Waals surface area (Å²) in [6, 6.07) is 13.7. The zero-order valence-corrected chi connectivity index (χ0v) is 15.5. The Balaban J connectivity index is 1.53. The summed E-state index contributed by atoms with van der Waals surface area (Å²) < 4.78 is 42.2. The average Bonchev–Trinajstić information content (AvgIpc) is 3.32. The fourth-order valence-electron chi connectivity index (χ4n) is 2.66. The number of halogens is 3. The predicted molar refractivity (Wildman–Crippen MR) is 103 cm³/mol. The van der Waals surface area contributed by atoms with Crippen molar-refractivity contribution in [3.8, 4) is 17.0 Å². The van der Waals surface area contributed by atoms with Gasteiger partial charge in [-0.15, -0.1) is 0 Å². The molecule has 4 aromatic rings. The van der Waals surface area contributed by atoms with Crippen LogP contribution in [0.1, 0.15) is 10.4 Å². The zero-order valence-electron chi connectivity index (χ0n) is 14.7. The van der Waals surface area contributed by atoms with Crippen LogP contribution in [0.3, 0.4) is 0 Å². The van der Waals surface area contributed by atoms with E-state index in [1.165, 1.54) is 18.3 Å². The summed E-state index contributed by atoms with van der Waals surface area (Å²) in [6.07, 6.45) is -2.99. The lowest BCUT2D eigenvalue weighted by Gasteiger charge is -2.08. The number of nitrogens with zero attached hydrogens (tertiary/aromatic N) is 2. The number of alkyl halides is 3. The molecule has 0 atom stereocenters. The van der Waals surface area contributed by atoms with Gasteiger partial charge in [-0.1, -0.05) is 41.7 Å². The number of carbonyl (C=O) groups excluding carboxylic acids is 1. The van der Waals surface area contributed by atoms with Crippen LogP contribution < -0.4 is 10.1 Å². The lowest BCUT2D eigenvalue weighted by Crippen LogP contribution is -2.19. The van der Waals surface area contributed by atoms with E-state index in [9.17, 15) is 18.0 Å². The highest BCUT2D eigenvalue weighted by Gasteiger charge is 2.28. The predicted octanol–water partition coefficient (Wildman–Crippen LogP) is 4.88. The number of fused-ring (bicyclic) bond motifs is 1. The van der Waals surface area contributed by atoms with Gasteiger partial charge in [0.05, 0.1) is 27.7 Å². The van der Waals surface area contributed by atoms with Crippen molar-refractivity contribution in [1.29, 1.82) is 0 Å². The molecule has 0 fully saturated rings. The number of nitrogens with one attached hydrogen (secondary N) is 2. The summed E-state index contributed by atoms with van der Waals surface area (Å²) in [5, 5.41) is 9.78. The lowest BCUT2D eigenvalue weighted by molar-refractivity contribution is -0.153. The topological polar surface area (TPSA) is 79.9 Å². The zero-order chi connectivity index (χ0) is 20.4. The first-order chi connectivity index (χ1) is 13.9. The molecule has 4 rings (SSSR count). The second-order valence-corrected chi connectivity index (χ2v) is 7.06. The minimum absolute atomic E-state index is 0.0811. The standard InChI is InChI=1S/C19H13F3N4O2S/c20-19(21,22)10-28-12-6-7-14-15(8-12)29-18(24-14)25-17(27)13-9-23-26-16(13)11-4-2-1-3-5-11/h1-9H,10H2,(H,23,26)(H,24,25,27). The van der Waals surface area contributed by atoms with Crippen LogP contribution in [0.4, 0.5) is 18.3 Å². The van der Waals surface area contributed by atoms with Crippen LogP contribution in [-0.4, -0.2) is 33.9 Å². The van der Waals surface area contributed by atoms with E-state index in [0.717, 1.165) is 16.9 Å². The van der Waals surface area contributed by atoms with Gasteiger partial charge in [-0.2, -0.15) is 18.3 Å². The molecule has 148 valence electrons. The molecule has 0 saturated heterocycles. The number of rotatable bonds is 5. The van der Waals surface area contributed by atoms with Gasteiger partial charge < -0.3 is 4.74 Å². The van der Waals surface area contributed by atoms with Crippen LogP contribution in [0, 0.1) is 0 Å². The van der Waals surface area contributed by atoms with Crippen LogP contribution >= 0.6 is 11.3 Å². The maximum Gasteiger partial charge on any atom is 0.422 e.